The lowest BCUT2D eigenvalue weighted by Gasteiger charge is -2.14. The summed E-state index contributed by atoms with van der Waals surface area (Å²) in [4.78, 5) is 0. The van der Waals surface area contributed by atoms with Gasteiger partial charge in [-0.25, -0.2) is 0 Å². The Morgan fingerprint density at radius 3 is 1.95 bits per heavy atom. The Hall–Kier alpha value is 0.177. The second kappa shape index (κ2) is 14.6. The van der Waals surface area contributed by atoms with Gasteiger partial charge in [0.15, 0.2) is 0 Å². The standard InChI is InChI=1S/C17H37OSi/c1-5-7-8-9-10-11-14-17(6-2)15-12-13-16-18-19(3)4/h17H,5-16H2,1-4H3. The van der Waals surface area contributed by atoms with Crippen LogP contribution in [0.5, 0.6) is 0 Å². The molecule has 0 spiro atoms. The lowest BCUT2D eigenvalue weighted by atomic mass is 9.93. The van der Waals surface area contributed by atoms with E-state index in [0.717, 1.165) is 12.5 Å². The van der Waals surface area contributed by atoms with Crippen LogP contribution in [0.2, 0.25) is 13.1 Å². The minimum atomic E-state index is -0.465. The molecule has 0 aliphatic rings. The molecule has 1 radical (unpaired) electrons. The van der Waals surface area contributed by atoms with E-state index in [4.69, 9.17) is 4.43 Å². The Kier molecular flexibility index (Phi) is 14.7. The van der Waals surface area contributed by atoms with E-state index >= 15 is 0 Å². The zero-order valence-electron chi connectivity index (χ0n) is 14.0. The molecular formula is C17H37OSi. The Bertz CT molecular complexity index is 171. The molecule has 0 bridgehead atoms. The van der Waals surface area contributed by atoms with E-state index in [1.165, 1.54) is 70.6 Å². The maximum atomic E-state index is 5.70. The molecule has 0 fully saturated rings. The predicted molar refractivity (Wildman–Crippen MR) is 89.1 cm³/mol. The molecule has 0 aromatic rings. The van der Waals surface area contributed by atoms with Crippen LogP contribution < -0.4 is 0 Å². The fourth-order valence-electron chi connectivity index (χ4n) is 2.58. The van der Waals surface area contributed by atoms with Gasteiger partial charge in [-0.2, -0.15) is 0 Å². The average molecular weight is 286 g/mol. The van der Waals surface area contributed by atoms with Gasteiger partial charge in [0.05, 0.1) is 0 Å². The monoisotopic (exact) mass is 285 g/mol. The Labute approximate surface area is 124 Å². The van der Waals surface area contributed by atoms with Gasteiger partial charge in [-0.05, 0) is 25.4 Å². The highest BCUT2D eigenvalue weighted by molar-refractivity contribution is 6.48. The predicted octanol–water partition coefficient (Wildman–Crippen LogP) is 6.20. The molecule has 1 atom stereocenters. The van der Waals surface area contributed by atoms with Crippen molar-refractivity contribution in [2.45, 2.75) is 97.6 Å². The van der Waals surface area contributed by atoms with Crippen LogP contribution in [-0.4, -0.2) is 15.6 Å². The minimum Gasteiger partial charge on any atom is -0.417 e. The van der Waals surface area contributed by atoms with E-state index in [0.29, 0.717) is 0 Å². The second-order valence-corrected chi connectivity index (χ2v) is 8.19. The zero-order chi connectivity index (χ0) is 14.3. The Balaban J connectivity index is 3.34. The van der Waals surface area contributed by atoms with E-state index < -0.39 is 9.04 Å². The Morgan fingerprint density at radius 1 is 0.789 bits per heavy atom. The lowest BCUT2D eigenvalue weighted by Crippen LogP contribution is -2.09. The molecule has 0 rings (SSSR count). The average Bonchev–Trinajstić information content (AvgIpc) is 2.39. The molecule has 0 aliphatic heterocycles. The van der Waals surface area contributed by atoms with Gasteiger partial charge >= 0.3 is 0 Å². The third-order valence-corrected chi connectivity index (χ3v) is 4.72. The van der Waals surface area contributed by atoms with Crippen molar-refractivity contribution in [3.8, 4) is 0 Å². The summed E-state index contributed by atoms with van der Waals surface area (Å²) in [5, 5.41) is 0. The third kappa shape index (κ3) is 14.4. The van der Waals surface area contributed by atoms with Crippen LogP contribution in [0, 0.1) is 5.92 Å². The van der Waals surface area contributed by atoms with Crippen molar-refractivity contribution in [3.05, 3.63) is 0 Å². The van der Waals surface area contributed by atoms with Crippen LogP contribution in [-0.2, 0) is 4.43 Å². The SMILES string of the molecule is CCCCCCCCC(CC)CCCCO[Si](C)C. The van der Waals surface area contributed by atoms with Crippen LogP contribution in [0.1, 0.15) is 84.5 Å². The summed E-state index contributed by atoms with van der Waals surface area (Å²) in [7, 11) is -0.465. The van der Waals surface area contributed by atoms with E-state index in [2.05, 4.69) is 26.9 Å². The summed E-state index contributed by atoms with van der Waals surface area (Å²) in [6.07, 6.45) is 15.5. The van der Waals surface area contributed by atoms with E-state index in [1.807, 2.05) is 0 Å². The summed E-state index contributed by atoms with van der Waals surface area (Å²) < 4.78 is 5.70. The molecule has 1 unspecified atom stereocenters. The molecule has 0 heterocycles. The largest absolute Gasteiger partial charge is 0.417 e. The zero-order valence-corrected chi connectivity index (χ0v) is 15.0. The minimum absolute atomic E-state index is 0.465. The number of unbranched alkanes of at least 4 members (excludes halogenated alkanes) is 6. The van der Waals surface area contributed by atoms with Gasteiger partial charge in [-0.1, -0.05) is 78.1 Å². The molecule has 0 aromatic carbocycles. The fourth-order valence-corrected chi connectivity index (χ4v) is 3.13. The van der Waals surface area contributed by atoms with Crippen LogP contribution >= 0.6 is 0 Å². The topological polar surface area (TPSA) is 9.23 Å². The first-order valence-electron chi connectivity index (χ1n) is 8.63. The van der Waals surface area contributed by atoms with Crippen LogP contribution in [0.4, 0.5) is 0 Å². The van der Waals surface area contributed by atoms with Crippen molar-refractivity contribution in [1.29, 1.82) is 0 Å². The summed E-state index contributed by atoms with van der Waals surface area (Å²) >= 11 is 0. The van der Waals surface area contributed by atoms with E-state index in [-0.39, 0.29) is 0 Å². The highest BCUT2D eigenvalue weighted by Gasteiger charge is 2.06. The van der Waals surface area contributed by atoms with Gasteiger partial charge in [0.2, 0.25) is 9.04 Å². The van der Waals surface area contributed by atoms with Gasteiger partial charge < -0.3 is 4.43 Å². The quantitative estimate of drug-likeness (QED) is 0.273. The van der Waals surface area contributed by atoms with Crippen molar-refractivity contribution in [1.82, 2.24) is 0 Å². The number of hydrogen-bond acceptors (Lipinski definition) is 1. The van der Waals surface area contributed by atoms with Gasteiger partial charge in [0.1, 0.15) is 0 Å². The van der Waals surface area contributed by atoms with Crippen molar-refractivity contribution < 1.29 is 4.43 Å². The van der Waals surface area contributed by atoms with Gasteiger partial charge in [-0.15, -0.1) is 0 Å². The Morgan fingerprint density at radius 2 is 1.37 bits per heavy atom. The first-order valence-corrected chi connectivity index (χ1v) is 11.0. The summed E-state index contributed by atoms with van der Waals surface area (Å²) in [6.45, 7) is 10.1. The first kappa shape index (κ1) is 19.2. The number of rotatable bonds is 14. The fraction of sp³-hybridized carbons (Fsp3) is 1.00. The maximum absolute atomic E-state index is 5.70. The molecule has 115 valence electrons. The van der Waals surface area contributed by atoms with Crippen molar-refractivity contribution >= 4 is 9.04 Å². The molecule has 0 amide bonds. The molecule has 0 saturated carbocycles. The van der Waals surface area contributed by atoms with E-state index in [9.17, 15) is 0 Å². The maximum Gasteiger partial charge on any atom is 0.204 e. The van der Waals surface area contributed by atoms with Gasteiger partial charge in [0, 0.05) is 6.61 Å². The summed E-state index contributed by atoms with van der Waals surface area (Å²) in [6, 6.07) is 0. The van der Waals surface area contributed by atoms with Crippen LogP contribution in [0.15, 0.2) is 0 Å². The van der Waals surface area contributed by atoms with Gasteiger partial charge in [-0.3, -0.25) is 0 Å². The number of hydrogen-bond donors (Lipinski definition) is 0. The molecule has 19 heavy (non-hydrogen) atoms. The summed E-state index contributed by atoms with van der Waals surface area (Å²) in [5.41, 5.74) is 0. The van der Waals surface area contributed by atoms with Crippen molar-refractivity contribution in [2.75, 3.05) is 6.61 Å². The third-order valence-electron chi connectivity index (χ3n) is 3.94. The summed E-state index contributed by atoms with van der Waals surface area (Å²) in [5.74, 6) is 0.971. The molecular weight excluding hydrogens is 248 g/mol. The second-order valence-electron chi connectivity index (χ2n) is 6.08. The molecule has 0 aliphatic carbocycles. The van der Waals surface area contributed by atoms with Crippen LogP contribution in [0.25, 0.3) is 0 Å². The van der Waals surface area contributed by atoms with Gasteiger partial charge in [0.25, 0.3) is 0 Å². The molecule has 0 N–H and O–H groups in total. The lowest BCUT2D eigenvalue weighted by molar-refractivity contribution is 0.301. The molecule has 1 nitrogen and oxygen atoms in total. The molecule has 0 aromatic heterocycles. The van der Waals surface area contributed by atoms with Crippen molar-refractivity contribution in [3.63, 3.8) is 0 Å². The highest BCUT2D eigenvalue weighted by atomic mass is 28.3. The first-order chi connectivity index (χ1) is 9.20. The molecule has 0 saturated heterocycles. The highest BCUT2D eigenvalue weighted by Crippen LogP contribution is 2.20. The molecule has 2 heteroatoms. The van der Waals surface area contributed by atoms with E-state index in [1.54, 1.807) is 0 Å². The van der Waals surface area contributed by atoms with Crippen molar-refractivity contribution in [2.24, 2.45) is 5.92 Å². The normalized spacial score (nSPS) is 13.1. The van der Waals surface area contributed by atoms with Crippen LogP contribution in [0.3, 0.4) is 0 Å². The smallest absolute Gasteiger partial charge is 0.204 e.